The monoisotopic (exact) mass is 387 g/mol. The third-order valence-corrected chi connectivity index (χ3v) is 5.97. The van der Waals surface area contributed by atoms with Gasteiger partial charge in [0.25, 0.3) is 0 Å². The van der Waals surface area contributed by atoms with Crippen LogP contribution in [0.3, 0.4) is 0 Å². The lowest BCUT2D eigenvalue weighted by molar-refractivity contribution is -0.133. The number of aryl methyl sites for hydroxylation is 2. The first-order valence-electron chi connectivity index (χ1n) is 10.5. The molecule has 0 bridgehead atoms. The molecular weight excluding hydrogens is 358 g/mol. The molecule has 0 radical (unpaired) electrons. The van der Waals surface area contributed by atoms with Gasteiger partial charge in [-0.2, -0.15) is 5.10 Å². The SMILES string of the molecule is Cc1cc(C)n(CC2CCN(C(=O)C(c3ccccc3)c3ccccc3)CC2)n1. The van der Waals surface area contributed by atoms with E-state index < -0.39 is 0 Å². The molecule has 1 aliphatic rings. The zero-order valence-corrected chi connectivity index (χ0v) is 17.3. The van der Waals surface area contributed by atoms with E-state index in [1.54, 1.807) is 0 Å². The molecule has 4 heteroatoms. The maximum atomic E-state index is 13.5. The number of nitrogens with zero attached hydrogens (tertiary/aromatic N) is 3. The molecule has 1 aliphatic heterocycles. The maximum absolute atomic E-state index is 13.5. The van der Waals surface area contributed by atoms with Crippen molar-refractivity contribution in [1.29, 1.82) is 0 Å². The highest BCUT2D eigenvalue weighted by atomic mass is 16.2. The third kappa shape index (κ3) is 4.42. The van der Waals surface area contributed by atoms with E-state index in [1.165, 1.54) is 5.69 Å². The maximum Gasteiger partial charge on any atom is 0.234 e. The van der Waals surface area contributed by atoms with Gasteiger partial charge in [0.05, 0.1) is 11.6 Å². The summed E-state index contributed by atoms with van der Waals surface area (Å²) in [6.07, 6.45) is 2.06. The van der Waals surface area contributed by atoms with Crippen LogP contribution in [0.25, 0.3) is 0 Å². The summed E-state index contributed by atoms with van der Waals surface area (Å²) in [6, 6.07) is 22.4. The van der Waals surface area contributed by atoms with Crippen LogP contribution in [0.1, 0.15) is 41.3 Å². The highest BCUT2D eigenvalue weighted by molar-refractivity contribution is 5.87. The minimum absolute atomic E-state index is 0.215. The Bertz CT molecular complexity index is 901. The van der Waals surface area contributed by atoms with E-state index in [-0.39, 0.29) is 11.8 Å². The molecule has 150 valence electrons. The lowest BCUT2D eigenvalue weighted by Crippen LogP contribution is -2.42. The van der Waals surface area contributed by atoms with E-state index in [4.69, 9.17) is 0 Å². The van der Waals surface area contributed by atoms with Crippen LogP contribution in [0, 0.1) is 19.8 Å². The number of carbonyl (C=O) groups is 1. The van der Waals surface area contributed by atoms with Crippen LogP contribution in [0.4, 0.5) is 0 Å². The van der Waals surface area contributed by atoms with Crippen molar-refractivity contribution in [2.24, 2.45) is 5.92 Å². The third-order valence-electron chi connectivity index (χ3n) is 5.97. The van der Waals surface area contributed by atoms with E-state index in [9.17, 15) is 4.79 Å². The Hall–Kier alpha value is -2.88. The molecule has 0 atom stereocenters. The molecule has 2 aromatic carbocycles. The van der Waals surface area contributed by atoms with Crippen LogP contribution in [-0.4, -0.2) is 33.7 Å². The molecule has 1 amide bonds. The normalized spacial score (nSPS) is 15.1. The predicted octanol–water partition coefficient (Wildman–Crippen LogP) is 4.57. The summed E-state index contributed by atoms with van der Waals surface area (Å²) in [4.78, 5) is 15.6. The molecule has 0 N–H and O–H groups in total. The summed E-state index contributed by atoms with van der Waals surface area (Å²) in [7, 11) is 0. The minimum Gasteiger partial charge on any atom is -0.342 e. The van der Waals surface area contributed by atoms with Gasteiger partial charge in [0.1, 0.15) is 0 Å². The van der Waals surface area contributed by atoms with Crippen molar-refractivity contribution in [1.82, 2.24) is 14.7 Å². The Morgan fingerprint density at radius 2 is 1.52 bits per heavy atom. The summed E-state index contributed by atoms with van der Waals surface area (Å²) in [6.45, 7) is 6.74. The number of piperidine rings is 1. The molecule has 3 aromatic rings. The van der Waals surface area contributed by atoms with Gasteiger partial charge in [-0.1, -0.05) is 60.7 Å². The fraction of sp³-hybridized carbons (Fsp3) is 0.360. The summed E-state index contributed by atoms with van der Waals surface area (Å²) in [5.74, 6) is 0.556. The molecular formula is C25H29N3O. The molecule has 0 spiro atoms. The topological polar surface area (TPSA) is 38.1 Å². The number of hydrogen-bond donors (Lipinski definition) is 0. The van der Waals surface area contributed by atoms with Crippen molar-refractivity contribution < 1.29 is 4.79 Å². The number of likely N-dealkylation sites (tertiary alicyclic amines) is 1. The summed E-state index contributed by atoms with van der Waals surface area (Å²) < 4.78 is 2.12. The summed E-state index contributed by atoms with van der Waals surface area (Å²) in [5, 5.41) is 4.60. The first kappa shape index (κ1) is 19.4. The molecule has 1 saturated heterocycles. The number of hydrogen-bond acceptors (Lipinski definition) is 2. The zero-order valence-electron chi connectivity index (χ0n) is 17.3. The second-order valence-corrected chi connectivity index (χ2v) is 8.13. The molecule has 2 heterocycles. The zero-order chi connectivity index (χ0) is 20.2. The fourth-order valence-corrected chi connectivity index (χ4v) is 4.39. The van der Waals surface area contributed by atoms with E-state index in [2.05, 4.69) is 51.9 Å². The highest BCUT2D eigenvalue weighted by Crippen LogP contribution is 2.29. The van der Waals surface area contributed by atoms with Gasteiger partial charge < -0.3 is 4.90 Å². The Morgan fingerprint density at radius 3 is 2.00 bits per heavy atom. The first-order valence-corrected chi connectivity index (χ1v) is 10.5. The lowest BCUT2D eigenvalue weighted by atomic mass is 9.88. The van der Waals surface area contributed by atoms with Crippen molar-refractivity contribution in [2.75, 3.05) is 13.1 Å². The minimum atomic E-state index is -0.232. The highest BCUT2D eigenvalue weighted by Gasteiger charge is 2.30. The van der Waals surface area contributed by atoms with Gasteiger partial charge in [-0.15, -0.1) is 0 Å². The van der Waals surface area contributed by atoms with Crippen LogP contribution in [0.2, 0.25) is 0 Å². The van der Waals surface area contributed by atoms with E-state index in [1.807, 2.05) is 43.3 Å². The predicted molar refractivity (Wildman–Crippen MR) is 116 cm³/mol. The second-order valence-electron chi connectivity index (χ2n) is 8.13. The number of carbonyl (C=O) groups excluding carboxylic acids is 1. The van der Waals surface area contributed by atoms with E-state index in [0.717, 1.165) is 49.3 Å². The van der Waals surface area contributed by atoms with Gasteiger partial charge in [0.15, 0.2) is 0 Å². The van der Waals surface area contributed by atoms with Crippen molar-refractivity contribution in [3.8, 4) is 0 Å². The molecule has 1 aromatic heterocycles. The lowest BCUT2D eigenvalue weighted by Gasteiger charge is -2.34. The molecule has 4 rings (SSSR count). The van der Waals surface area contributed by atoms with Crippen molar-refractivity contribution >= 4 is 5.91 Å². The molecule has 1 fully saturated rings. The quantitative estimate of drug-likeness (QED) is 0.643. The Balaban J connectivity index is 1.46. The number of aromatic nitrogens is 2. The van der Waals surface area contributed by atoms with Crippen LogP contribution < -0.4 is 0 Å². The van der Waals surface area contributed by atoms with Crippen molar-refractivity contribution in [3.05, 3.63) is 89.2 Å². The van der Waals surface area contributed by atoms with E-state index >= 15 is 0 Å². The van der Waals surface area contributed by atoms with Gasteiger partial charge in [-0.05, 0) is 49.8 Å². The second kappa shape index (κ2) is 8.64. The number of rotatable bonds is 5. The molecule has 29 heavy (non-hydrogen) atoms. The first-order chi connectivity index (χ1) is 14.1. The molecule has 4 nitrogen and oxygen atoms in total. The van der Waals surface area contributed by atoms with Gasteiger partial charge >= 0.3 is 0 Å². The van der Waals surface area contributed by atoms with Gasteiger partial charge in [-0.3, -0.25) is 9.48 Å². The van der Waals surface area contributed by atoms with Crippen LogP contribution in [0.15, 0.2) is 66.7 Å². The molecule has 0 aliphatic carbocycles. The van der Waals surface area contributed by atoms with E-state index in [0.29, 0.717) is 5.92 Å². The average Bonchev–Trinajstić information content (AvgIpc) is 3.07. The molecule has 0 unspecified atom stereocenters. The van der Waals surface area contributed by atoms with Gasteiger partial charge in [0, 0.05) is 25.3 Å². The van der Waals surface area contributed by atoms with Gasteiger partial charge in [0.2, 0.25) is 5.91 Å². The van der Waals surface area contributed by atoms with Crippen molar-refractivity contribution in [2.45, 2.75) is 39.2 Å². The number of amides is 1. The largest absolute Gasteiger partial charge is 0.342 e. The van der Waals surface area contributed by atoms with Crippen LogP contribution in [-0.2, 0) is 11.3 Å². The molecule has 0 saturated carbocycles. The van der Waals surface area contributed by atoms with Crippen molar-refractivity contribution in [3.63, 3.8) is 0 Å². The van der Waals surface area contributed by atoms with Crippen LogP contribution >= 0.6 is 0 Å². The average molecular weight is 388 g/mol. The summed E-state index contributed by atoms with van der Waals surface area (Å²) >= 11 is 0. The Morgan fingerprint density at radius 1 is 0.966 bits per heavy atom. The number of benzene rings is 2. The van der Waals surface area contributed by atoms with Crippen LogP contribution in [0.5, 0.6) is 0 Å². The fourth-order valence-electron chi connectivity index (χ4n) is 4.39. The summed E-state index contributed by atoms with van der Waals surface area (Å²) in [5.41, 5.74) is 4.42. The Labute approximate surface area is 173 Å². The Kier molecular flexibility index (Phi) is 5.79. The standard InChI is InChI=1S/C25H29N3O/c1-19-17-20(2)28(26-19)18-21-13-15-27(16-14-21)25(29)24(22-9-5-3-6-10-22)23-11-7-4-8-12-23/h3-12,17,21,24H,13-16,18H2,1-2H3. The smallest absolute Gasteiger partial charge is 0.234 e. The van der Waals surface area contributed by atoms with Gasteiger partial charge in [-0.25, -0.2) is 0 Å².